The van der Waals surface area contributed by atoms with E-state index in [1.807, 2.05) is 0 Å². The molecule has 0 amide bonds. The second kappa shape index (κ2) is 4.94. The molecule has 0 aliphatic carbocycles. The Morgan fingerprint density at radius 3 is 1.60 bits per heavy atom. The summed E-state index contributed by atoms with van der Waals surface area (Å²) in [5, 5.41) is 0. The fourth-order valence-electron chi connectivity index (χ4n) is 0.500. The first kappa shape index (κ1) is 12.8. The summed E-state index contributed by atoms with van der Waals surface area (Å²) >= 11 is 0. The molecule has 0 rings (SSSR count). The van der Waals surface area contributed by atoms with Crippen molar-refractivity contribution in [1.29, 1.82) is 0 Å². The van der Waals surface area contributed by atoms with E-state index in [9.17, 15) is 0 Å². The molecule has 0 atom stereocenters. The molecule has 64 valence electrons. The molecule has 0 heterocycles. The van der Waals surface area contributed by atoms with Gasteiger partial charge in [0.1, 0.15) is 0 Å². The first-order valence-electron chi connectivity index (χ1n) is 3.37. The van der Waals surface area contributed by atoms with E-state index in [1.54, 1.807) is 0 Å². The SMILES string of the molecule is CN(C)CC[N+](C)(C)C.[Cl-]. The molecule has 0 unspecified atom stereocenters. The van der Waals surface area contributed by atoms with Crippen molar-refractivity contribution < 1.29 is 16.9 Å². The molecular weight excluding hydrogens is 148 g/mol. The second-order valence-electron chi connectivity index (χ2n) is 3.82. The summed E-state index contributed by atoms with van der Waals surface area (Å²) in [4.78, 5) is 2.21. The van der Waals surface area contributed by atoms with Crippen molar-refractivity contribution in [3.05, 3.63) is 0 Å². The van der Waals surface area contributed by atoms with Gasteiger partial charge in [-0.05, 0) is 14.1 Å². The Labute approximate surface area is 70.8 Å². The number of likely N-dealkylation sites (N-methyl/N-ethyl adjacent to an activating group) is 2. The van der Waals surface area contributed by atoms with Gasteiger partial charge in [0.25, 0.3) is 0 Å². The van der Waals surface area contributed by atoms with Crippen molar-refractivity contribution in [3.8, 4) is 0 Å². The van der Waals surface area contributed by atoms with Crippen LogP contribution in [0.2, 0.25) is 0 Å². The molecule has 0 spiro atoms. The Morgan fingerprint density at radius 2 is 1.50 bits per heavy atom. The van der Waals surface area contributed by atoms with Crippen molar-refractivity contribution in [2.24, 2.45) is 0 Å². The standard InChI is InChI=1S/C7H19N2.ClH/c1-8(2)6-7-9(3,4)5;/h6-7H2,1-5H3;1H/q+1;/p-1. The third kappa shape index (κ3) is 11.1. The first-order valence-corrected chi connectivity index (χ1v) is 3.37. The number of rotatable bonds is 3. The van der Waals surface area contributed by atoms with Gasteiger partial charge < -0.3 is 21.8 Å². The Bertz CT molecular complexity index is 76.2. The van der Waals surface area contributed by atoms with Crippen molar-refractivity contribution in [2.45, 2.75) is 0 Å². The third-order valence-electron chi connectivity index (χ3n) is 1.22. The van der Waals surface area contributed by atoms with Gasteiger partial charge in [-0.2, -0.15) is 0 Å². The highest BCUT2D eigenvalue weighted by atomic mass is 35.5. The zero-order chi connectivity index (χ0) is 7.49. The van der Waals surface area contributed by atoms with Gasteiger partial charge in [-0.3, -0.25) is 0 Å². The Hall–Kier alpha value is 0.210. The quantitative estimate of drug-likeness (QED) is 0.412. The summed E-state index contributed by atoms with van der Waals surface area (Å²) in [6, 6.07) is 0. The van der Waals surface area contributed by atoms with Crippen LogP contribution in [0.3, 0.4) is 0 Å². The van der Waals surface area contributed by atoms with E-state index in [2.05, 4.69) is 40.1 Å². The van der Waals surface area contributed by atoms with Crippen LogP contribution in [0.1, 0.15) is 0 Å². The summed E-state index contributed by atoms with van der Waals surface area (Å²) in [5.74, 6) is 0. The lowest BCUT2D eigenvalue weighted by Crippen LogP contribution is -3.00. The normalized spacial score (nSPS) is 11.4. The van der Waals surface area contributed by atoms with Crippen LogP contribution >= 0.6 is 0 Å². The molecule has 0 bridgehead atoms. The van der Waals surface area contributed by atoms with Crippen LogP contribution in [0, 0.1) is 0 Å². The predicted molar refractivity (Wildman–Crippen MR) is 41.5 cm³/mol. The number of nitrogens with zero attached hydrogens (tertiary/aromatic N) is 2. The van der Waals surface area contributed by atoms with E-state index < -0.39 is 0 Å². The Morgan fingerprint density at radius 1 is 1.10 bits per heavy atom. The van der Waals surface area contributed by atoms with Crippen molar-refractivity contribution >= 4 is 0 Å². The monoisotopic (exact) mass is 166 g/mol. The van der Waals surface area contributed by atoms with E-state index >= 15 is 0 Å². The minimum atomic E-state index is 0. The van der Waals surface area contributed by atoms with Gasteiger partial charge in [0.05, 0.1) is 27.7 Å². The average molecular weight is 167 g/mol. The molecule has 0 saturated heterocycles. The average Bonchev–Trinajstić information content (AvgIpc) is 1.59. The molecule has 0 saturated carbocycles. The van der Waals surface area contributed by atoms with E-state index in [1.165, 1.54) is 13.1 Å². The molecule has 10 heavy (non-hydrogen) atoms. The maximum Gasteiger partial charge on any atom is 0.0909 e. The summed E-state index contributed by atoms with van der Waals surface area (Å²) < 4.78 is 1.05. The fraction of sp³-hybridized carbons (Fsp3) is 1.00. The minimum absolute atomic E-state index is 0. The lowest BCUT2D eigenvalue weighted by atomic mass is 10.5. The van der Waals surface area contributed by atoms with Crippen LogP contribution in [0.15, 0.2) is 0 Å². The number of hydrogen-bond donors (Lipinski definition) is 0. The van der Waals surface area contributed by atoms with E-state index in [0.717, 1.165) is 4.48 Å². The molecule has 2 nitrogen and oxygen atoms in total. The number of hydrogen-bond acceptors (Lipinski definition) is 1. The van der Waals surface area contributed by atoms with Gasteiger partial charge in [-0.25, -0.2) is 0 Å². The topological polar surface area (TPSA) is 3.24 Å². The maximum absolute atomic E-state index is 2.21. The highest BCUT2D eigenvalue weighted by Gasteiger charge is 2.05. The highest BCUT2D eigenvalue weighted by Crippen LogP contribution is 1.88. The Balaban J connectivity index is 0. The zero-order valence-electron chi connectivity index (χ0n) is 7.69. The van der Waals surface area contributed by atoms with Crippen LogP contribution in [0.5, 0.6) is 0 Å². The third-order valence-corrected chi connectivity index (χ3v) is 1.22. The van der Waals surface area contributed by atoms with Crippen LogP contribution < -0.4 is 12.4 Å². The highest BCUT2D eigenvalue weighted by molar-refractivity contribution is 4.38. The van der Waals surface area contributed by atoms with E-state index in [0.29, 0.717) is 0 Å². The summed E-state index contributed by atoms with van der Waals surface area (Å²) in [6.07, 6.45) is 0. The van der Waals surface area contributed by atoms with Gasteiger partial charge >= 0.3 is 0 Å². The van der Waals surface area contributed by atoms with Crippen LogP contribution in [-0.4, -0.2) is 57.7 Å². The van der Waals surface area contributed by atoms with Crippen molar-refractivity contribution in [1.82, 2.24) is 4.90 Å². The summed E-state index contributed by atoms with van der Waals surface area (Å²) in [5.41, 5.74) is 0. The van der Waals surface area contributed by atoms with E-state index in [4.69, 9.17) is 0 Å². The van der Waals surface area contributed by atoms with Crippen LogP contribution in [0.25, 0.3) is 0 Å². The zero-order valence-corrected chi connectivity index (χ0v) is 8.44. The van der Waals surface area contributed by atoms with Crippen molar-refractivity contribution in [3.63, 3.8) is 0 Å². The Kier molecular flexibility index (Phi) is 6.35. The van der Waals surface area contributed by atoms with Gasteiger partial charge in [0, 0.05) is 6.54 Å². The molecule has 0 aliphatic rings. The molecule has 0 aromatic heterocycles. The predicted octanol–water partition coefficient (Wildman–Crippen LogP) is -2.74. The molecule has 0 fully saturated rings. The van der Waals surface area contributed by atoms with Crippen molar-refractivity contribution in [2.75, 3.05) is 48.3 Å². The van der Waals surface area contributed by atoms with Crippen LogP contribution in [-0.2, 0) is 0 Å². The van der Waals surface area contributed by atoms with Gasteiger partial charge in [0.15, 0.2) is 0 Å². The molecule has 3 heteroatoms. The smallest absolute Gasteiger partial charge is 0.0909 e. The molecule has 0 aromatic rings. The number of quaternary nitrogens is 1. The van der Waals surface area contributed by atoms with Gasteiger partial charge in [0.2, 0.25) is 0 Å². The molecule has 0 aliphatic heterocycles. The minimum Gasteiger partial charge on any atom is -1.00 e. The van der Waals surface area contributed by atoms with Crippen LogP contribution in [0.4, 0.5) is 0 Å². The lowest BCUT2D eigenvalue weighted by Gasteiger charge is -2.25. The largest absolute Gasteiger partial charge is 1.00 e. The molecule has 0 radical (unpaired) electrons. The molecular formula is C7H19ClN2. The summed E-state index contributed by atoms with van der Waals surface area (Å²) in [6.45, 7) is 2.39. The molecule has 0 N–H and O–H groups in total. The van der Waals surface area contributed by atoms with E-state index in [-0.39, 0.29) is 12.4 Å². The van der Waals surface area contributed by atoms with Gasteiger partial charge in [-0.1, -0.05) is 0 Å². The maximum atomic E-state index is 2.21. The fourth-order valence-corrected chi connectivity index (χ4v) is 0.500. The number of halogens is 1. The van der Waals surface area contributed by atoms with Gasteiger partial charge in [-0.15, -0.1) is 0 Å². The lowest BCUT2D eigenvalue weighted by molar-refractivity contribution is -0.869. The second-order valence-corrected chi connectivity index (χ2v) is 3.82. The first-order chi connectivity index (χ1) is 3.92. The molecule has 0 aromatic carbocycles. The summed E-state index contributed by atoms with van der Waals surface area (Å²) in [7, 11) is 10.8.